The van der Waals surface area contributed by atoms with Crippen molar-refractivity contribution in [2.24, 2.45) is 5.92 Å². The van der Waals surface area contributed by atoms with Crippen molar-refractivity contribution in [3.05, 3.63) is 84.1 Å². The molecule has 3 N–H and O–H groups in total. The Morgan fingerprint density at radius 3 is 2.47 bits per heavy atom. The summed E-state index contributed by atoms with van der Waals surface area (Å²) in [6.45, 7) is 9.36. The molecule has 5 aromatic rings. The number of nitrogens with zero attached hydrogens (tertiary/aromatic N) is 7. The number of carbonyl (C=O) groups is 3. The molecule has 1 atom stereocenters. The highest BCUT2D eigenvalue weighted by Gasteiger charge is 2.34. The minimum atomic E-state index is -4.69. The number of fused-ring (bicyclic) bond motifs is 2. The molecule has 3 aliphatic rings. The first kappa shape index (κ1) is 39.2. The van der Waals surface area contributed by atoms with E-state index >= 15 is 0 Å². The van der Waals surface area contributed by atoms with E-state index in [9.17, 15) is 32.7 Å². The van der Waals surface area contributed by atoms with Crippen molar-refractivity contribution in [2.75, 3.05) is 47.8 Å². The molecule has 4 amide bonds. The van der Waals surface area contributed by atoms with Crippen LogP contribution in [0.3, 0.4) is 0 Å². The summed E-state index contributed by atoms with van der Waals surface area (Å²) in [4.78, 5) is 52.1. The van der Waals surface area contributed by atoms with Crippen molar-refractivity contribution < 1.29 is 32.7 Å². The van der Waals surface area contributed by atoms with Crippen molar-refractivity contribution in [3.63, 3.8) is 0 Å². The standard InChI is InChI=1S/C42H46F3N9O4/c1-25-22-52(35-8-4-6-29-30(35)20-46-21-36(29)53-15-14-38(55)49-40(53)57)17-16-51(25)23-26-10-12-28(13-11-26)54-24-27-18-34(31(41(2,3)58)19-33(27)50-54)48-39(56)32-7-5-9-37(47-32)42(43,44)45/h4-9,18-21,24-26,28,58H,10-17,22-23H2,1-3H3,(H,48,56)(H,49,55,57)/t25-,26-,28-/m0/s1. The van der Waals surface area contributed by atoms with Crippen molar-refractivity contribution in [2.45, 2.75) is 76.7 Å². The minimum Gasteiger partial charge on any atom is -0.386 e. The van der Waals surface area contributed by atoms with Crippen LogP contribution in [0.1, 0.15) is 80.7 Å². The average molecular weight is 798 g/mol. The van der Waals surface area contributed by atoms with Gasteiger partial charge in [0.05, 0.1) is 29.0 Å². The highest BCUT2D eigenvalue weighted by atomic mass is 19.4. The van der Waals surface area contributed by atoms with E-state index in [-0.39, 0.29) is 29.8 Å². The molecular weight excluding hydrogens is 752 g/mol. The summed E-state index contributed by atoms with van der Waals surface area (Å²) >= 11 is 0. The lowest BCUT2D eigenvalue weighted by Crippen LogP contribution is -2.53. The van der Waals surface area contributed by atoms with Gasteiger partial charge in [-0.15, -0.1) is 0 Å². The number of pyridine rings is 2. The molecule has 0 spiro atoms. The summed E-state index contributed by atoms with van der Waals surface area (Å²) in [6, 6.07) is 12.8. The van der Waals surface area contributed by atoms with Gasteiger partial charge in [-0.1, -0.05) is 18.2 Å². The highest BCUT2D eigenvalue weighted by molar-refractivity contribution is 6.11. The van der Waals surface area contributed by atoms with Gasteiger partial charge in [0.1, 0.15) is 11.4 Å². The quantitative estimate of drug-likeness (QED) is 0.153. The molecule has 3 fully saturated rings. The Morgan fingerprint density at radius 2 is 1.74 bits per heavy atom. The summed E-state index contributed by atoms with van der Waals surface area (Å²) in [5.74, 6) is -0.552. The number of amides is 4. The number of benzene rings is 2. The van der Waals surface area contributed by atoms with Gasteiger partial charge < -0.3 is 15.3 Å². The maximum Gasteiger partial charge on any atom is 0.433 e. The molecular formula is C42H46F3N9O4. The fraction of sp³-hybridized carbons (Fsp3) is 0.429. The second-order valence-electron chi connectivity index (χ2n) is 16.2. The van der Waals surface area contributed by atoms with Crippen LogP contribution in [-0.2, 0) is 16.6 Å². The van der Waals surface area contributed by atoms with E-state index < -0.39 is 29.4 Å². The Bertz CT molecular complexity index is 2390. The second-order valence-corrected chi connectivity index (χ2v) is 16.2. The molecule has 58 heavy (non-hydrogen) atoms. The van der Waals surface area contributed by atoms with Crippen LogP contribution in [0.4, 0.5) is 35.0 Å². The molecule has 16 heteroatoms. The zero-order valence-corrected chi connectivity index (χ0v) is 32.6. The van der Waals surface area contributed by atoms with Gasteiger partial charge in [0.25, 0.3) is 5.91 Å². The number of nitrogens with one attached hydrogen (secondary N) is 2. The lowest BCUT2D eigenvalue weighted by Gasteiger charge is -2.43. The molecule has 3 aromatic heterocycles. The third kappa shape index (κ3) is 7.94. The molecule has 304 valence electrons. The fourth-order valence-electron chi connectivity index (χ4n) is 8.65. The summed E-state index contributed by atoms with van der Waals surface area (Å²) in [6.07, 6.45) is 5.01. The maximum atomic E-state index is 13.3. The number of anilines is 3. The molecule has 2 aliphatic heterocycles. The Morgan fingerprint density at radius 1 is 0.966 bits per heavy atom. The number of alkyl halides is 3. The first-order valence-electron chi connectivity index (χ1n) is 19.7. The van der Waals surface area contributed by atoms with Gasteiger partial charge in [0.15, 0.2) is 0 Å². The lowest BCUT2D eigenvalue weighted by molar-refractivity contribution is -0.141. The number of hydrogen-bond donors (Lipinski definition) is 3. The van der Waals surface area contributed by atoms with Crippen LogP contribution in [0, 0.1) is 5.92 Å². The van der Waals surface area contributed by atoms with E-state index in [1.165, 1.54) is 6.07 Å². The van der Waals surface area contributed by atoms with Crippen LogP contribution in [0.2, 0.25) is 0 Å². The predicted octanol–water partition coefficient (Wildman–Crippen LogP) is 6.87. The molecule has 5 heterocycles. The number of urea groups is 1. The highest BCUT2D eigenvalue weighted by Crippen LogP contribution is 2.38. The smallest absolute Gasteiger partial charge is 0.386 e. The predicted molar refractivity (Wildman–Crippen MR) is 214 cm³/mol. The third-order valence-corrected chi connectivity index (χ3v) is 11.7. The van der Waals surface area contributed by atoms with Crippen molar-refractivity contribution in [1.29, 1.82) is 0 Å². The first-order chi connectivity index (χ1) is 27.6. The van der Waals surface area contributed by atoms with Gasteiger partial charge >= 0.3 is 12.2 Å². The summed E-state index contributed by atoms with van der Waals surface area (Å²) in [7, 11) is 0. The van der Waals surface area contributed by atoms with Crippen molar-refractivity contribution >= 4 is 56.6 Å². The molecule has 1 saturated carbocycles. The Hall–Kier alpha value is -5.61. The van der Waals surface area contributed by atoms with E-state index in [1.807, 2.05) is 29.2 Å². The summed E-state index contributed by atoms with van der Waals surface area (Å²) in [5.41, 5.74) is 0.145. The monoisotopic (exact) mass is 797 g/mol. The molecule has 8 rings (SSSR count). The van der Waals surface area contributed by atoms with Crippen molar-refractivity contribution in [1.82, 2.24) is 30.0 Å². The largest absolute Gasteiger partial charge is 0.433 e. The molecule has 0 unspecified atom stereocenters. The minimum absolute atomic E-state index is 0.178. The Balaban J connectivity index is 0.903. The number of carbonyl (C=O) groups excluding carboxylic acids is 3. The normalized spacial score (nSPS) is 21.1. The van der Waals surface area contributed by atoms with Gasteiger partial charge in [-0.2, -0.15) is 18.3 Å². The number of aliphatic hydroxyl groups is 1. The number of imide groups is 1. The number of aromatic nitrogens is 4. The average Bonchev–Trinajstić information content (AvgIpc) is 3.61. The Kier molecular flexibility index (Phi) is 10.3. The maximum absolute atomic E-state index is 13.3. The van der Waals surface area contributed by atoms with Gasteiger partial charge in [0.2, 0.25) is 5.91 Å². The fourth-order valence-corrected chi connectivity index (χ4v) is 8.65. The van der Waals surface area contributed by atoms with E-state index in [1.54, 1.807) is 37.1 Å². The third-order valence-electron chi connectivity index (χ3n) is 11.7. The number of halogens is 3. The first-order valence-corrected chi connectivity index (χ1v) is 19.7. The topological polar surface area (TPSA) is 149 Å². The zero-order chi connectivity index (χ0) is 40.9. The van der Waals surface area contributed by atoms with Crippen LogP contribution < -0.4 is 20.4 Å². The van der Waals surface area contributed by atoms with Crippen LogP contribution in [0.25, 0.3) is 21.7 Å². The Labute approximate surface area is 333 Å². The molecule has 1 aliphatic carbocycles. The van der Waals surface area contributed by atoms with Gasteiger partial charge in [-0.3, -0.25) is 34.4 Å². The van der Waals surface area contributed by atoms with Crippen molar-refractivity contribution in [3.8, 4) is 0 Å². The molecule has 0 bridgehead atoms. The number of piperazine rings is 1. The van der Waals surface area contributed by atoms with Crippen LogP contribution >= 0.6 is 0 Å². The van der Waals surface area contributed by atoms with Crippen LogP contribution in [-0.4, -0.2) is 86.4 Å². The molecule has 13 nitrogen and oxygen atoms in total. The summed E-state index contributed by atoms with van der Waals surface area (Å²) < 4.78 is 41.8. The molecule has 2 aromatic carbocycles. The molecule has 0 radical (unpaired) electrons. The lowest BCUT2D eigenvalue weighted by atomic mass is 9.85. The van der Waals surface area contributed by atoms with Gasteiger partial charge in [-0.25, -0.2) is 9.78 Å². The van der Waals surface area contributed by atoms with Gasteiger partial charge in [0, 0.05) is 90.7 Å². The van der Waals surface area contributed by atoms with E-state index in [0.29, 0.717) is 35.3 Å². The van der Waals surface area contributed by atoms with Gasteiger partial charge in [-0.05, 0) is 82.7 Å². The second kappa shape index (κ2) is 15.3. The van der Waals surface area contributed by atoms with E-state index in [2.05, 4.69) is 43.4 Å². The SMILES string of the molecule is C[C@H]1CN(c2cccc3c(N4CCC(=O)NC4=O)cncc23)CCN1C[C@H]1CC[C@H](n2cc3cc(NC(=O)c4cccc(C(F)(F)F)n4)c(C(C)(C)O)cc3n2)CC1. The number of rotatable bonds is 8. The van der Waals surface area contributed by atoms with E-state index in [0.717, 1.165) is 85.8 Å². The zero-order valence-electron chi connectivity index (χ0n) is 32.6. The summed E-state index contributed by atoms with van der Waals surface area (Å²) in [5, 5.41) is 23.6. The number of hydrogen-bond acceptors (Lipinski definition) is 9. The van der Waals surface area contributed by atoms with Crippen LogP contribution in [0.5, 0.6) is 0 Å². The molecule has 2 saturated heterocycles. The van der Waals surface area contributed by atoms with Crippen LogP contribution in [0.15, 0.2) is 67.1 Å². The van der Waals surface area contributed by atoms with E-state index in [4.69, 9.17) is 5.10 Å².